The standard InChI is InChI=1S/C18H22FNO5/c1-3-9-23-17-15(19)10-20(16(17)12-24-13(2)21)18(22)25-11-14-7-5-4-6-8-14/h3-8,15-17H,1,9-12H2,2H3/t15-,16+,17+/m0/s1. The number of ether oxygens (including phenoxy) is 3. The van der Waals surface area contributed by atoms with Gasteiger partial charge in [0, 0.05) is 6.92 Å². The van der Waals surface area contributed by atoms with Crippen LogP contribution < -0.4 is 0 Å². The molecule has 1 aromatic rings. The number of esters is 1. The van der Waals surface area contributed by atoms with E-state index in [1.807, 2.05) is 30.3 Å². The summed E-state index contributed by atoms with van der Waals surface area (Å²) in [6.45, 7) is 4.65. The lowest BCUT2D eigenvalue weighted by atomic mass is 10.1. The molecule has 1 aliphatic rings. The summed E-state index contributed by atoms with van der Waals surface area (Å²) in [5, 5.41) is 0. The summed E-state index contributed by atoms with van der Waals surface area (Å²) < 4.78 is 30.0. The molecular formula is C18H22FNO5. The number of carbonyl (C=O) groups excluding carboxylic acids is 2. The Morgan fingerprint density at radius 3 is 2.68 bits per heavy atom. The van der Waals surface area contributed by atoms with Crippen molar-refractivity contribution in [1.82, 2.24) is 4.90 Å². The molecule has 6 nitrogen and oxygen atoms in total. The van der Waals surface area contributed by atoms with Crippen molar-refractivity contribution in [3.8, 4) is 0 Å². The minimum atomic E-state index is -1.40. The van der Waals surface area contributed by atoms with Crippen LogP contribution in [0.2, 0.25) is 0 Å². The molecule has 7 heteroatoms. The normalized spacial score (nSPS) is 22.5. The largest absolute Gasteiger partial charge is 0.464 e. The molecule has 0 radical (unpaired) electrons. The second-order valence-corrected chi connectivity index (χ2v) is 5.67. The van der Waals surface area contributed by atoms with Crippen LogP contribution in [0.4, 0.5) is 9.18 Å². The zero-order valence-corrected chi connectivity index (χ0v) is 14.1. The molecule has 1 fully saturated rings. The molecule has 1 saturated heterocycles. The van der Waals surface area contributed by atoms with Gasteiger partial charge in [-0.05, 0) is 5.56 Å². The SMILES string of the molecule is C=CCO[C@H]1[C@@H](COC(C)=O)N(C(=O)OCc2ccccc2)C[C@@H]1F. The smallest absolute Gasteiger partial charge is 0.410 e. The minimum Gasteiger partial charge on any atom is -0.464 e. The van der Waals surface area contributed by atoms with Crippen LogP contribution in [0.25, 0.3) is 0 Å². The molecule has 0 spiro atoms. The fraction of sp³-hybridized carbons (Fsp3) is 0.444. The molecule has 0 aliphatic carbocycles. The maximum absolute atomic E-state index is 14.3. The molecule has 3 atom stereocenters. The second kappa shape index (κ2) is 9.17. The van der Waals surface area contributed by atoms with Crippen molar-refractivity contribution < 1.29 is 28.2 Å². The van der Waals surface area contributed by atoms with Gasteiger partial charge in [-0.3, -0.25) is 9.69 Å². The van der Waals surface area contributed by atoms with E-state index in [4.69, 9.17) is 14.2 Å². The molecule has 0 N–H and O–H groups in total. The van der Waals surface area contributed by atoms with Gasteiger partial charge in [-0.1, -0.05) is 36.4 Å². The second-order valence-electron chi connectivity index (χ2n) is 5.67. The Morgan fingerprint density at radius 2 is 2.04 bits per heavy atom. The third kappa shape index (κ3) is 5.29. The summed E-state index contributed by atoms with van der Waals surface area (Å²) >= 11 is 0. The Labute approximate surface area is 146 Å². The van der Waals surface area contributed by atoms with Crippen LogP contribution >= 0.6 is 0 Å². The average molecular weight is 351 g/mol. The van der Waals surface area contributed by atoms with E-state index in [0.717, 1.165) is 5.56 Å². The van der Waals surface area contributed by atoms with Crippen LogP contribution in [0.1, 0.15) is 12.5 Å². The van der Waals surface area contributed by atoms with Gasteiger partial charge in [0.05, 0.1) is 19.2 Å². The van der Waals surface area contributed by atoms with Gasteiger partial charge in [-0.15, -0.1) is 6.58 Å². The van der Waals surface area contributed by atoms with Gasteiger partial charge in [0.15, 0.2) is 0 Å². The molecule has 136 valence electrons. The molecule has 1 heterocycles. The van der Waals surface area contributed by atoms with Crippen molar-refractivity contribution in [3.63, 3.8) is 0 Å². The van der Waals surface area contributed by atoms with E-state index >= 15 is 0 Å². The van der Waals surface area contributed by atoms with E-state index in [-0.39, 0.29) is 26.4 Å². The summed E-state index contributed by atoms with van der Waals surface area (Å²) in [4.78, 5) is 24.7. The third-order valence-electron chi connectivity index (χ3n) is 3.81. The van der Waals surface area contributed by atoms with E-state index in [0.29, 0.717) is 0 Å². The van der Waals surface area contributed by atoms with E-state index in [1.54, 1.807) is 0 Å². The molecule has 1 amide bonds. The van der Waals surface area contributed by atoms with E-state index < -0.39 is 30.4 Å². The van der Waals surface area contributed by atoms with Gasteiger partial charge in [0.25, 0.3) is 0 Å². The number of hydrogen-bond donors (Lipinski definition) is 0. The highest BCUT2D eigenvalue weighted by molar-refractivity contribution is 5.69. The number of likely N-dealkylation sites (tertiary alicyclic amines) is 1. The zero-order valence-electron chi connectivity index (χ0n) is 14.1. The Kier molecular flexibility index (Phi) is 6.94. The van der Waals surface area contributed by atoms with Gasteiger partial charge in [-0.2, -0.15) is 0 Å². The first-order chi connectivity index (χ1) is 12.0. The van der Waals surface area contributed by atoms with Crippen molar-refractivity contribution in [3.05, 3.63) is 48.6 Å². The van der Waals surface area contributed by atoms with Crippen LogP contribution in [0, 0.1) is 0 Å². The summed E-state index contributed by atoms with van der Waals surface area (Å²) in [5.74, 6) is -0.512. The van der Waals surface area contributed by atoms with Crippen molar-refractivity contribution in [2.45, 2.75) is 31.8 Å². The Morgan fingerprint density at radius 1 is 1.32 bits per heavy atom. The predicted molar refractivity (Wildman–Crippen MR) is 88.6 cm³/mol. The van der Waals surface area contributed by atoms with Gasteiger partial charge in [0.1, 0.15) is 25.5 Å². The molecule has 0 aromatic heterocycles. The van der Waals surface area contributed by atoms with Gasteiger partial charge in [0.2, 0.25) is 0 Å². The molecule has 1 aliphatic heterocycles. The number of carbonyl (C=O) groups is 2. The molecular weight excluding hydrogens is 329 g/mol. The van der Waals surface area contributed by atoms with Crippen LogP contribution in [0.15, 0.2) is 43.0 Å². The summed E-state index contributed by atoms with van der Waals surface area (Å²) in [6.07, 6.45) is -1.48. The molecule has 1 aromatic carbocycles. The molecule has 0 bridgehead atoms. The summed E-state index contributed by atoms with van der Waals surface area (Å²) in [5.41, 5.74) is 0.822. The minimum absolute atomic E-state index is 0.0750. The number of hydrogen-bond acceptors (Lipinski definition) is 5. The maximum atomic E-state index is 14.3. The Balaban J connectivity index is 2.02. The Bertz CT molecular complexity index is 594. The number of amides is 1. The third-order valence-corrected chi connectivity index (χ3v) is 3.81. The first-order valence-corrected chi connectivity index (χ1v) is 8.00. The zero-order chi connectivity index (χ0) is 18.2. The van der Waals surface area contributed by atoms with Crippen LogP contribution in [0.5, 0.6) is 0 Å². The van der Waals surface area contributed by atoms with Crippen molar-refractivity contribution in [2.75, 3.05) is 19.8 Å². The van der Waals surface area contributed by atoms with Crippen molar-refractivity contribution in [2.24, 2.45) is 0 Å². The van der Waals surface area contributed by atoms with Crippen molar-refractivity contribution >= 4 is 12.1 Å². The van der Waals surface area contributed by atoms with Gasteiger partial charge in [-0.25, -0.2) is 9.18 Å². The Hall–Kier alpha value is -2.41. The van der Waals surface area contributed by atoms with E-state index in [2.05, 4.69) is 6.58 Å². The summed E-state index contributed by atoms with van der Waals surface area (Å²) in [7, 11) is 0. The molecule has 0 unspecified atom stereocenters. The van der Waals surface area contributed by atoms with Gasteiger partial charge < -0.3 is 14.2 Å². The number of nitrogens with zero attached hydrogens (tertiary/aromatic N) is 1. The number of rotatable bonds is 7. The first-order valence-electron chi connectivity index (χ1n) is 8.00. The van der Waals surface area contributed by atoms with Crippen LogP contribution in [-0.4, -0.2) is 55.0 Å². The topological polar surface area (TPSA) is 65.1 Å². The highest BCUT2D eigenvalue weighted by Gasteiger charge is 2.46. The average Bonchev–Trinajstić information content (AvgIpc) is 2.92. The number of benzene rings is 1. The van der Waals surface area contributed by atoms with Gasteiger partial charge >= 0.3 is 12.1 Å². The van der Waals surface area contributed by atoms with E-state index in [1.165, 1.54) is 17.9 Å². The lowest BCUT2D eigenvalue weighted by Gasteiger charge is -2.26. The fourth-order valence-corrected chi connectivity index (χ4v) is 2.64. The van der Waals surface area contributed by atoms with Crippen LogP contribution in [0.3, 0.4) is 0 Å². The maximum Gasteiger partial charge on any atom is 0.410 e. The lowest BCUT2D eigenvalue weighted by Crippen LogP contribution is -2.44. The highest BCUT2D eigenvalue weighted by atomic mass is 19.1. The summed E-state index contributed by atoms with van der Waals surface area (Å²) in [6, 6.07) is 8.42. The molecule has 2 rings (SSSR count). The lowest BCUT2D eigenvalue weighted by molar-refractivity contribution is -0.143. The first kappa shape index (κ1) is 18.9. The predicted octanol–water partition coefficient (Wildman–Crippen LogP) is 2.48. The van der Waals surface area contributed by atoms with E-state index in [9.17, 15) is 14.0 Å². The number of alkyl halides is 1. The monoisotopic (exact) mass is 351 g/mol. The highest BCUT2D eigenvalue weighted by Crippen LogP contribution is 2.25. The molecule has 0 saturated carbocycles. The quantitative estimate of drug-likeness (QED) is 0.558. The molecule has 25 heavy (non-hydrogen) atoms. The fourth-order valence-electron chi connectivity index (χ4n) is 2.64. The number of halogens is 1. The van der Waals surface area contributed by atoms with Crippen molar-refractivity contribution in [1.29, 1.82) is 0 Å². The van der Waals surface area contributed by atoms with Crippen LogP contribution in [-0.2, 0) is 25.6 Å².